The van der Waals surface area contributed by atoms with E-state index in [-0.39, 0.29) is 19.2 Å². The SMILES string of the molecule is COCCc1nc(-c2ccc3c(c2)N(CN2C(=O)c4ccccc4C2=O)C(=O)CO3)cs1. The van der Waals surface area contributed by atoms with E-state index < -0.39 is 11.8 Å². The van der Waals surface area contributed by atoms with Crippen molar-refractivity contribution in [2.75, 3.05) is 31.9 Å². The summed E-state index contributed by atoms with van der Waals surface area (Å²) in [6, 6.07) is 12.1. The Labute approximate surface area is 188 Å². The van der Waals surface area contributed by atoms with Crippen LogP contribution in [0.25, 0.3) is 11.3 Å². The number of methoxy groups -OCH3 is 1. The van der Waals surface area contributed by atoms with E-state index >= 15 is 0 Å². The fourth-order valence-electron chi connectivity index (χ4n) is 3.77. The third kappa shape index (κ3) is 3.45. The van der Waals surface area contributed by atoms with Crippen LogP contribution in [0.5, 0.6) is 5.75 Å². The number of imide groups is 1. The van der Waals surface area contributed by atoms with Gasteiger partial charge < -0.3 is 9.47 Å². The number of fused-ring (bicyclic) bond motifs is 2. The highest BCUT2D eigenvalue weighted by molar-refractivity contribution is 7.09. The zero-order valence-electron chi connectivity index (χ0n) is 17.2. The molecule has 0 saturated carbocycles. The lowest BCUT2D eigenvalue weighted by Gasteiger charge is -2.32. The summed E-state index contributed by atoms with van der Waals surface area (Å²) >= 11 is 1.54. The molecule has 0 fully saturated rings. The second-order valence-corrected chi connectivity index (χ2v) is 8.33. The zero-order chi connectivity index (χ0) is 22.2. The van der Waals surface area contributed by atoms with Crippen molar-refractivity contribution < 1.29 is 23.9 Å². The van der Waals surface area contributed by atoms with Crippen LogP contribution in [-0.2, 0) is 16.0 Å². The van der Waals surface area contributed by atoms with Gasteiger partial charge in [0.2, 0.25) is 0 Å². The van der Waals surface area contributed by atoms with Crippen molar-refractivity contribution in [3.63, 3.8) is 0 Å². The molecule has 0 aliphatic carbocycles. The highest BCUT2D eigenvalue weighted by Crippen LogP contribution is 2.37. The van der Waals surface area contributed by atoms with Gasteiger partial charge in [-0.1, -0.05) is 12.1 Å². The molecule has 2 aromatic carbocycles. The maximum absolute atomic E-state index is 12.8. The first-order valence-corrected chi connectivity index (χ1v) is 10.9. The van der Waals surface area contributed by atoms with Crippen molar-refractivity contribution in [2.24, 2.45) is 0 Å². The number of nitrogens with zero attached hydrogens (tertiary/aromatic N) is 3. The lowest BCUT2D eigenvalue weighted by molar-refractivity contribution is -0.121. The number of anilines is 1. The molecule has 3 amide bonds. The van der Waals surface area contributed by atoms with E-state index in [4.69, 9.17) is 9.47 Å². The van der Waals surface area contributed by atoms with E-state index in [1.807, 2.05) is 11.4 Å². The first-order valence-electron chi connectivity index (χ1n) is 10.0. The zero-order valence-corrected chi connectivity index (χ0v) is 18.1. The summed E-state index contributed by atoms with van der Waals surface area (Å²) in [5, 5.41) is 2.90. The number of carbonyl (C=O) groups excluding carboxylic acids is 3. The predicted octanol–water partition coefficient (Wildman–Crippen LogP) is 2.98. The monoisotopic (exact) mass is 449 g/mol. The number of amides is 3. The fourth-order valence-corrected chi connectivity index (χ4v) is 4.56. The Morgan fingerprint density at radius 1 is 1.06 bits per heavy atom. The molecule has 8 nitrogen and oxygen atoms in total. The predicted molar refractivity (Wildman–Crippen MR) is 118 cm³/mol. The third-order valence-electron chi connectivity index (χ3n) is 5.43. The molecular weight excluding hydrogens is 430 g/mol. The average molecular weight is 449 g/mol. The smallest absolute Gasteiger partial charge is 0.266 e. The minimum atomic E-state index is -0.412. The number of ether oxygens (including phenoxy) is 2. The van der Waals surface area contributed by atoms with Crippen molar-refractivity contribution >= 4 is 34.7 Å². The Hall–Kier alpha value is -3.56. The number of hydrogen-bond donors (Lipinski definition) is 0. The molecule has 0 saturated heterocycles. The molecule has 0 spiro atoms. The van der Waals surface area contributed by atoms with Crippen LogP contribution in [0.3, 0.4) is 0 Å². The Morgan fingerprint density at radius 3 is 2.53 bits per heavy atom. The summed E-state index contributed by atoms with van der Waals surface area (Å²) in [6.07, 6.45) is 0.722. The largest absolute Gasteiger partial charge is 0.482 e. The third-order valence-corrected chi connectivity index (χ3v) is 6.34. The van der Waals surface area contributed by atoms with Crippen LogP contribution in [0.2, 0.25) is 0 Å². The average Bonchev–Trinajstić information content (AvgIpc) is 3.38. The van der Waals surface area contributed by atoms with Gasteiger partial charge in [-0.3, -0.25) is 24.2 Å². The molecule has 1 aromatic heterocycles. The molecule has 32 heavy (non-hydrogen) atoms. The molecule has 0 bridgehead atoms. The lowest BCUT2D eigenvalue weighted by atomic mass is 10.1. The van der Waals surface area contributed by atoms with Crippen LogP contribution in [0, 0.1) is 0 Å². The van der Waals surface area contributed by atoms with Crippen LogP contribution in [-0.4, -0.2) is 54.6 Å². The van der Waals surface area contributed by atoms with Gasteiger partial charge in [-0.2, -0.15) is 0 Å². The summed E-state index contributed by atoms with van der Waals surface area (Å²) in [5.74, 6) is -0.639. The summed E-state index contributed by atoms with van der Waals surface area (Å²) in [4.78, 5) is 45.5. The van der Waals surface area contributed by atoms with E-state index in [2.05, 4.69) is 4.98 Å². The summed E-state index contributed by atoms with van der Waals surface area (Å²) < 4.78 is 10.7. The molecule has 0 radical (unpaired) electrons. The van der Waals surface area contributed by atoms with E-state index in [0.717, 1.165) is 27.6 Å². The van der Waals surface area contributed by atoms with E-state index in [0.29, 0.717) is 29.2 Å². The van der Waals surface area contributed by atoms with Crippen LogP contribution in [0.4, 0.5) is 5.69 Å². The molecule has 9 heteroatoms. The van der Waals surface area contributed by atoms with E-state index in [1.165, 1.54) is 4.90 Å². The molecule has 2 aliphatic rings. The van der Waals surface area contributed by atoms with Crippen LogP contribution >= 0.6 is 11.3 Å². The number of thiazole rings is 1. The van der Waals surface area contributed by atoms with Gasteiger partial charge in [-0.05, 0) is 30.3 Å². The minimum Gasteiger partial charge on any atom is -0.482 e. The maximum Gasteiger partial charge on any atom is 0.266 e. The Morgan fingerprint density at radius 2 is 1.81 bits per heavy atom. The van der Waals surface area contributed by atoms with Gasteiger partial charge in [0.25, 0.3) is 17.7 Å². The molecule has 162 valence electrons. The van der Waals surface area contributed by atoms with Gasteiger partial charge in [0.15, 0.2) is 6.61 Å². The topological polar surface area (TPSA) is 89.0 Å². The number of hydrogen-bond acceptors (Lipinski definition) is 7. The second kappa shape index (κ2) is 8.18. The van der Waals surface area contributed by atoms with Gasteiger partial charge >= 0.3 is 0 Å². The Kier molecular flexibility index (Phi) is 5.20. The Balaban J connectivity index is 1.45. The standard InChI is InChI=1S/C23H19N3O5S/c1-30-9-8-20-24-17(12-32-20)14-6-7-19-18(10-14)25(21(27)11-31-19)13-26-22(28)15-4-2-3-5-16(15)23(26)29/h2-7,10,12H,8-9,11,13H2,1H3. The maximum atomic E-state index is 12.8. The Bertz CT molecular complexity index is 1200. The van der Waals surface area contributed by atoms with Gasteiger partial charge in [0, 0.05) is 24.5 Å². The van der Waals surface area contributed by atoms with Crippen molar-refractivity contribution in [1.29, 1.82) is 0 Å². The molecule has 3 aromatic rings. The van der Waals surface area contributed by atoms with Crippen molar-refractivity contribution in [2.45, 2.75) is 6.42 Å². The van der Waals surface area contributed by atoms with Gasteiger partial charge in [-0.15, -0.1) is 11.3 Å². The number of carbonyl (C=O) groups is 3. The van der Waals surface area contributed by atoms with Crippen LogP contribution in [0.1, 0.15) is 25.7 Å². The quantitative estimate of drug-likeness (QED) is 0.538. The van der Waals surface area contributed by atoms with E-state index in [1.54, 1.807) is 54.8 Å². The first-order chi connectivity index (χ1) is 15.6. The van der Waals surface area contributed by atoms with Crippen molar-refractivity contribution in [1.82, 2.24) is 9.88 Å². The minimum absolute atomic E-state index is 0.159. The molecule has 3 heterocycles. The highest BCUT2D eigenvalue weighted by atomic mass is 32.1. The number of aromatic nitrogens is 1. The molecule has 0 atom stereocenters. The normalized spacial score (nSPS) is 15.1. The number of rotatable bonds is 6. The van der Waals surface area contributed by atoms with Crippen LogP contribution in [0.15, 0.2) is 47.8 Å². The molecular formula is C23H19N3O5S. The summed E-state index contributed by atoms with van der Waals surface area (Å²) in [5.41, 5.74) is 2.79. The first kappa shape index (κ1) is 20.3. The molecule has 0 unspecified atom stereocenters. The number of benzene rings is 2. The van der Waals surface area contributed by atoms with E-state index in [9.17, 15) is 14.4 Å². The fraction of sp³-hybridized carbons (Fsp3) is 0.217. The van der Waals surface area contributed by atoms with Gasteiger partial charge in [-0.25, -0.2) is 4.98 Å². The highest BCUT2D eigenvalue weighted by Gasteiger charge is 2.38. The van der Waals surface area contributed by atoms with Gasteiger partial charge in [0.05, 0.1) is 34.1 Å². The van der Waals surface area contributed by atoms with Crippen molar-refractivity contribution in [3.05, 3.63) is 64.0 Å². The second-order valence-electron chi connectivity index (χ2n) is 7.39. The molecule has 2 aliphatic heterocycles. The lowest BCUT2D eigenvalue weighted by Crippen LogP contribution is -2.47. The molecule has 0 N–H and O–H groups in total. The molecule has 5 rings (SSSR count). The summed E-state index contributed by atoms with van der Waals surface area (Å²) in [7, 11) is 1.65. The van der Waals surface area contributed by atoms with Crippen molar-refractivity contribution in [3.8, 4) is 17.0 Å². The van der Waals surface area contributed by atoms with Gasteiger partial charge in [0.1, 0.15) is 12.4 Å². The van der Waals surface area contributed by atoms with Crippen LogP contribution < -0.4 is 9.64 Å². The summed E-state index contributed by atoms with van der Waals surface area (Å²) in [6.45, 7) is 0.252.